The third-order valence-corrected chi connectivity index (χ3v) is 3.87. The molecule has 1 atom stereocenters. The van der Waals surface area contributed by atoms with Crippen LogP contribution in [0, 0.1) is 12.8 Å². The van der Waals surface area contributed by atoms with Gasteiger partial charge in [0.25, 0.3) is 5.91 Å². The molecule has 1 unspecified atom stereocenters. The SMILES string of the molecule is CCCc1c(C(=O)NCCC(O)C(C)C)[nH]c(C)c1C(C)=O. The van der Waals surface area contributed by atoms with Gasteiger partial charge in [0.15, 0.2) is 5.78 Å². The molecule has 0 bridgehead atoms. The Morgan fingerprint density at radius 1 is 1.32 bits per heavy atom. The number of aliphatic hydroxyl groups is 1. The van der Waals surface area contributed by atoms with E-state index in [-0.39, 0.29) is 17.6 Å². The Bertz CT molecular complexity index is 532. The highest BCUT2D eigenvalue weighted by Gasteiger charge is 2.22. The molecule has 1 heterocycles. The molecule has 1 aromatic heterocycles. The van der Waals surface area contributed by atoms with Crippen molar-refractivity contribution in [2.75, 3.05) is 6.54 Å². The predicted octanol–water partition coefficient (Wildman–Crippen LogP) is 2.62. The van der Waals surface area contributed by atoms with E-state index in [1.54, 1.807) is 0 Å². The zero-order valence-corrected chi connectivity index (χ0v) is 14.2. The number of aryl methyl sites for hydroxylation is 1. The number of ketones is 1. The monoisotopic (exact) mass is 308 g/mol. The van der Waals surface area contributed by atoms with Gasteiger partial charge in [-0.1, -0.05) is 27.2 Å². The fourth-order valence-corrected chi connectivity index (χ4v) is 2.60. The van der Waals surface area contributed by atoms with Gasteiger partial charge in [-0.2, -0.15) is 0 Å². The van der Waals surface area contributed by atoms with E-state index >= 15 is 0 Å². The highest BCUT2D eigenvalue weighted by molar-refractivity contribution is 6.02. The molecule has 5 nitrogen and oxygen atoms in total. The lowest BCUT2D eigenvalue weighted by atomic mass is 10.0. The number of H-pyrrole nitrogens is 1. The van der Waals surface area contributed by atoms with E-state index in [2.05, 4.69) is 10.3 Å². The fourth-order valence-electron chi connectivity index (χ4n) is 2.60. The van der Waals surface area contributed by atoms with E-state index in [4.69, 9.17) is 0 Å². The van der Waals surface area contributed by atoms with Crippen LogP contribution in [0.2, 0.25) is 0 Å². The van der Waals surface area contributed by atoms with Gasteiger partial charge < -0.3 is 15.4 Å². The maximum absolute atomic E-state index is 12.3. The van der Waals surface area contributed by atoms with Gasteiger partial charge in [0, 0.05) is 17.8 Å². The molecule has 0 saturated heterocycles. The summed E-state index contributed by atoms with van der Waals surface area (Å²) in [5.41, 5.74) is 2.65. The number of nitrogens with one attached hydrogen (secondary N) is 2. The first kappa shape index (κ1) is 18.4. The summed E-state index contributed by atoms with van der Waals surface area (Å²) in [4.78, 5) is 27.2. The molecule has 1 aromatic rings. The molecule has 0 aliphatic heterocycles. The minimum absolute atomic E-state index is 0.0218. The van der Waals surface area contributed by atoms with Crippen molar-refractivity contribution in [3.63, 3.8) is 0 Å². The van der Waals surface area contributed by atoms with E-state index in [1.165, 1.54) is 6.92 Å². The lowest BCUT2D eigenvalue weighted by Crippen LogP contribution is -2.29. The molecule has 0 spiro atoms. The molecule has 5 heteroatoms. The second-order valence-electron chi connectivity index (χ2n) is 6.14. The summed E-state index contributed by atoms with van der Waals surface area (Å²) in [7, 11) is 0. The molecule has 0 radical (unpaired) electrons. The maximum Gasteiger partial charge on any atom is 0.268 e. The Kier molecular flexibility index (Phi) is 6.81. The van der Waals surface area contributed by atoms with Crippen molar-refractivity contribution in [3.8, 4) is 0 Å². The minimum Gasteiger partial charge on any atom is -0.393 e. The molecule has 0 aliphatic rings. The number of aliphatic hydroxyl groups excluding tert-OH is 1. The average molecular weight is 308 g/mol. The third-order valence-electron chi connectivity index (χ3n) is 3.87. The third kappa shape index (κ3) is 4.44. The number of Topliss-reactive ketones (excluding diaryl/α,β-unsaturated/α-hetero) is 1. The maximum atomic E-state index is 12.3. The molecule has 124 valence electrons. The van der Waals surface area contributed by atoms with Gasteiger partial charge in [-0.15, -0.1) is 0 Å². The Labute approximate surface area is 132 Å². The summed E-state index contributed by atoms with van der Waals surface area (Å²) in [5, 5.41) is 12.6. The van der Waals surface area contributed by atoms with E-state index in [0.29, 0.717) is 30.6 Å². The second-order valence-corrected chi connectivity index (χ2v) is 6.14. The molecule has 0 aromatic carbocycles. The summed E-state index contributed by atoms with van der Waals surface area (Å²) >= 11 is 0. The first-order valence-corrected chi connectivity index (χ1v) is 7.98. The van der Waals surface area contributed by atoms with Crippen LogP contribution in [-0.2, 0) is 6.42 Å². The summed E-state index contributed by atoms with van der Waals surface area (Å²) < 4.78 is 0. The molecule has 0 fully saturated rings. The largest absolute Gasteiger partial charge is 0.393 e. The van der Waals surface area contributed by atoms with Gasteiger partial charge in [-0.3, -0.25) is 9.59 Å². The first-order chi connectivity index (χ1) is 10.3. The number of rotatable bonds is 8. The van der Waals surface area contributed by atoms with Gasteiger partial charge >= 0.3 is 0 Å². The Balaban J connectivity index is 2.85. The van der Waals surface area contributed by atoms with Crippen molar-refractivity contribution >= 4 is 11.7 Å². The van der Waals surface area contributed by atoms with Crippen molar-refractivity contribution in [3.05, 3.63) is 22.5 Å². The molecule has 3 N–H and O–H groups in total. The van der Waals surface area contributed by atoms with Crippen LogP contribution in [0.15, 0.2) is 0 Å². The van der Waals surface area contributed by atoms with E-state index in [9.17, 15) is 14.7 Å². The first-order valence-electron chi connectivity index (χ1n) is 7.98. The van der Waals surface area contributed by atoms with Gasteiger partial charge in [0.1, 0.15) is 5.69 Å². The number of carbonyl (C=O) groups excluding carboxylic acids is 2. The molecule has 22 heavy (non-hydrogen) atoms. The van der Waals surface area contributed by atoms with Crippen molar-refractivity contribution in [1.29, 1.82) is 0 Å². The van der Waals surface area contributed by atoms with Crippen LogP contribution in [0.1, 0.15) is 72.6 Å². The summed E-state index contributed by atoms with van der Waals surface area (Å²) in [6, 6.07) is 0. The van der Waals surface area contributed by atoms with Gasteiger partial charge in [0.05, 0.1) is 6.10 Å². The second kappa shape index (κ2) is 8.13. The average Bonchev–Trinajstić information content (AvgIpc) is 2.75. The summed E-state index contributed by atoms with van der Waals surface area (Å²) in [6.07, 6.45) is 1.65. The van der Waals surface area contributed by atoms with Crippen molar-refractivity contribution in [1.82, 2.24) is 10.3 Å². The van der Waals surface area contributed by atoms with Crippen LogP contribution in [0.4, 0.5) is 0 Å². The Hall–Kier alpha value is -1.62. The summed E-state index contributed by atoms with van der Waals surface area (Å²) in [5.74, 6) is -0.0638. The lowest BCUT2D eigenvalue weighted by Gasteiger charge is -2.14. The highest BCUT2D eigenvalue weighted by Crippen LogP contribution is 2.21. The molecule has 1 amide bonds. The van der Waals surface area contributed by atoms with Crippen LogP contribution < -0.4 is 5.32 Å². The molecular formula is C17H28N2O3. The molecule has 1 rings (SSSR count). The van der Waals surface area contributed by atoms with Crippen molar-refractivity contribution in [2.45, 2.75) is 60.0 Å². The van der Waals surface area contributed by atoms with E-state index in [1.807, 2.05) is 27.7 Å². The number of hydrogen-bond acceptors (Lipinski definition) is 3. The number of aromatic amines is 1. The highest BCUT2D eigenvalue weighted by atomic mass is 16.3. The quantitative estimate of drug-likeness (QED) is 0.646. The zero-order chi connectivity index (χ0) is 16.9. The normalized spacial score (nSPS) is 12.5. The zero-order valence-electron chi connectivity index (χ0n) is 14.2. The van der Waals surface area contributed by atoms with Crippen molar-refractivity contribution < 1.29 is 14.7 Å². The summed E-state index contributed by atoms with van der Waals surface area (Å²) in [6.45, 7) is 9.66. The van der Waals surface area contributed by atoms with Crippen LogP contribution in [0.3, 0.4) is 0 Å². The number of carbonyl (C=O) groups is 2. The number of aromatic nitrogens is 1. The smallest absolute Gasteiger partial charge is 0.268 e. The topological polar surface area (TPSA) is 82.2 Å². The van der Waals surface area contributed by atoms with Crippen molar-refractivity contribution in [2.24, 2.45) is 5.92 Å². The fraction of sp³-hybridized carbons (Fsp3) is 0.647. The van der Waals surface area contributed by atoms with Crippen LogP contribution in [0.5, 0.6) is 0 Å². The van der Waals surface area contributed by atoms with E-state index < -0.39 is 6.10 Å². The lowest BCUT2D eigenvalue weighted by molar-refractivity contribution is 0.0915. The van der Waals surface area contributed by atoms with Crippen LogP contribution >= 0.6 is 0 Å². The predicted molar refractivity (Wildman–Crippen MR) is 87.3 cm³/mol. The van der Waals surface area contributed by atoms with Gasteiger partial charge in [-0.25, -0.2) is 0 Å². The van der Waals surface area contributed by atoms with E-state index in [0.717, 1.165) is 17.7 Å². The standard InChI is InChI=1S/C17H28N2O3/c1-6-7-13-15(12(5)20)11(4)19-16(13)17(22)18-9-8-14(21)10(2)3/h10,14,19,21H,6-9H2,1-5H3,(H,18,22). The van der Waals surface area contributed by atoms with Gasteiger partial charge in [-0.05, 0) is 38.2 Å². The number of amides is 1. The minimum atomic E-state index is -0.423. The van der Waals surface area contributed by atoms with Crippen LogP contribution in [0.25, 0.3) is 0 Å². The molecule has 0 aliphatic carbocycles. The Morgan fingerprint density at radius 3 is 2.45 bits per heavy atom. The Morgan fingerprint density at radius 2 is 1.95 bits per heavy atom. The molecule has 0 saturated carbocycles. The number of hydrogen-bond donors (Lipinski definition) is 3. The van der Waals surface area contributed by atoms with Gasteiger partial charge in [0.2, 0.25) is 0 Å². The van der Waals surface area contributed by atoms with Crippen LogP contribution in [-0.4, -0.2) is 34.4 Å². The molecular weight excluding hydrogens is 280 g/mol.